The smallest absolute Gasteiger partial charge is 0.264 e. The standard InChI is InChI=1S/C15H13BrClNO3S/c16-13-9-12(5-6-14(13)17)22(19,20)18-7-8-21-10-11-3-1-2-4-15(11)18/h1-6,9H,7-8,10H2. The van der Waals surface area contributed by atoms with E-state index in [0.717, 1.165) is 5.56 Å². The van der Waals surface area contributed by atoms with E-state index in [4.69, 9.17) is 16.3 Å². The molecule has 0 unspecified atom stereocenters. The molecule has 1 heterocycles. The Labute approximate surface area is 142 Å². The molecular weight excluding hydrogens is 390 g/mol. The molecule has 0 bridgehead atoms. The lowest BCUT2D eigenvalue weighted by molar-refractivity contribution is 0.133. The molecule has 22 heavy (non-hydrogen) atoms. The number of benzene rings is 2. The molecule has 0 saturated heterocycles. The zero-order valence-corrected chi connectivity index (χ0v) is 14.7. The van der Waals surface area contributed by atoms with E-state index in [1.54, 1.807) is 12.1 Å². The maximum atomic E-state index is 13.0. The van der Waals surface area contributed by atoms with Gasteiger partial charge in [-0.05, 0) is 40.2 Å². The second kappa shape index (κ2) is 6.20. The third-order valence-corrected chi connectivity index (χ3v) is 6.46. The summed E-state index contributed by atoms with van der Waals surface area (Å²) >= 11 is 9.22. The maximum absolute atomic E-state index is 13.0. The molecule has 0 radical (unpaired) electrons. The minimum Gasteiger partial charge on any atom is -0.375 e. The van der Waals surface area contributed by atoms with Gasteiger partial charge in [-0.1, -0.05) is 29.8 Å². The summed E-state index contributed by atoms with van der Waals surface area (Å²) in [6.45, 7) is 1.04. The maximum Gasteiger partial charge on any atom is 0.264 e. The van der Waals surface area contributed by atoms with Gasteiger partial charge in [-0.25, -0.2) is 8.42 Å². The third-order valence-electron chi connectivity index (χ3n) is 3.44. The lowest BCUT2D eigenvalue weighted by Crippen LogP contribution is -2.33. The molecule has 2 aromatic carbocycles. The van der Waals surface area contributed by atoms with Gasteiger partial charge in [0.1, 0.15) is 0 Å². The first-order valence-electron chi connectivity index (χ1n) is 6.63. The molecule has 1 aliphatic rings. The Morgan fingerprint density at radius 3 is 2.73 bits per heavy atom. The number of halogens is 2. The fourth-order valence-corrected chi connectivity index (χ4v) is 4.50. The van der Waals surface area contributed by atoms with Gasteiger partial charge in [0, 0.05) is 10.0 Å². The van der Waals surface area contributed by atoms with Crippen LogP contribution in [0.25, 0.3) is 0 Å². The molecule has 4 nitrogen and oxygen atoms in total. The number of fused-ring (bicyclic) bond motifs is 1. The average Bonchev–Trinajstić information content (AvgIpc) is 2.72. The molecule has 3 rings (SSSR count). The number of anilines is 1. The molecular formula is C15H13BrClNO3S. The minimum atomic E-state index is -3.67. The number of nitrogens with zero attached hydrogens (tertiary/aromatic N) is 1. The molecule has 1 aliphatic heterocycles. The van der Waals surface area contributed by atoms with E-state index in [1.165, 1.54) is 16.4 Å². The Hall–Kier alpha value is -1.08. The van der Waals surface area contributed by atoms with Crippen LogP contribution >= 0.6 is 27.5 Å². The highest BCUT2D eigenvalue weighted by molar-refractivity contribution is 9.10. The zero-order valence-electron chi connectivity index (χ0n) is 11.5. The summed E-state index contributed by atoms with van der Waals surface area (Å²) in [4.78, 5) is 0.195. The Kier molecular flexibility index (Phi) is 4.45. The van der Waals surface area contributed by atoms with Gasteiger partial charge in [0.15, 0.2) is 0 Å². The third kappa shape index (κ3) is 2.88. The van der Waals surface area contributed by atoms with E-state index in [-0.39, 0.29) is 11.4 Å². The van der Waals surface area contributed by atoms with Crippen molar-refractivity contribution in [1.82, 2.24) is 0 Å². The number of para-hydroxylation sites is 1. The summed E-state index contributed by atoms with van der Waals surface area (Å²) < 4.78 is 33.4. The predicted octanol–water partition coefficient (Wildman–Crippen LogP) is 3.83. The van der Waals surface area contributed by atoms with Crippen LogP contribution in [0.5, 0.6) is 0 Å². The van der Waals surface area contributed by atoms with Crippen LogP contribution in [0.4, 0.5) is 5.69 Å². The fourth-order valence-electron chi connectivity index (χ4n) is 2.34. The van der Waals surface area contributed by atoms with Crippen molar-refractivity contribution in [2.24, 2.45) is 0 Å². The van der Waals surface area contributed by atoms with Crippen molar-refractivity contribution in [1.29, 1.82) is 0 Å². The molecule has 0 atom stereocenters. The van der Waals surface area contributed by atoms with Gasteiger partial charge in [0.05, 0.1) is 35.4 Å². The molecule has 7 heteroatoms. The Morgan fingerprint density at radius 1 is 1.18 bits per heavy atom. The molecule has 0 amide bonds. The quantitative estimate of drug-likeness (QED) is 0.767. The van der Waals surface area contributed by atoms with Crippen LogP contribution in [0.3, 0.4) is 0 Å². The van der Waals surface area contributed by atoms with Crippen LogP contribution in [-0.4, -0.2) is 21.6 Å². The average molecular weight is 403 g/mol. The highest BCUT2D eigenvalue weighted by atomic mass is 79.9. The van der Waals surface area contributed by atoms with Gasteiger partial charge in [-0.3, -0.25) is 4.31 Å². The van der Waals surface area contributed by atoms with Crippen LogP contribution in [0, 0.1) is 0 Å². The van der Waals surface area contributed by atoms with E-state index < -0.39 is 10.0 Å². The largest absolute Gasteiger partial charge is 0.375 e. The van der Waals surface area contributed by atoms with Gasteiger partial charge >= 0.3 is 0 Å². The van der Waals surface area contributed by atoms with Crippen molar-refractivity contribution >= 4 is 43.2 Å². The SMILES string of the molecule is O=S(=O)(c1ccc(Cl)c(Br)c1)N1CCOCc2ccccc21. The summed E-state index contributed by atoms with van der Waals surface area (Å²) in [6.07, 6.45) is 0. The van der Waals surface area contributed by atoms with Crippen LogP contribution in [0.2, 0.25) is 5.02 Å². The monoisotopic (exact) mass is 401 g/mol. The van der Waals surface area contributed by atoms with Crippen molar-refractivity contribution in [3.8, 4) is 0 Å². The van der Waals surface area contributed by atoms with Gasteiger partial charge in [-0.15, -0.1) is 0 Å². The number of rotatable bonds is 2. The Bertz CT molecular complexity index is 810. The van der Waals surface area contributed by atoms with E-state index in [1.807, 2.05) is 18.2 Å². The lowest BCUT2D eigenvalue weighted by atomic mass is 10.2. The number of ether oxygens (including phenoxy) is 1. The molecule has 0 aromatic heterocycles. The van der Waals surface area contributed by atoms with Gasteiger partial charge in [0.2, 0.25) is 0 Å². The van der Waals surface area contributed by atoms with Crippen molar-refractivity contribution < 1.29 is 13.2 Å². The molecule has 2 aromatic rings. The molecule has 0 aliphatic carbocycles. The second-order valence-corrected chi connectivity index (χ2v) is 7.96. The van der Waals surface area contributed by atoms with Gasteiger partial charge < -0.3 is 4.74 Å². The first kappa shape index (κ1) is 15.8. The number of hydrogen-bond donors (Lipinski definition) is 0. The van der Waals surface area contributed by atoms with E-state index >= 15 is 0 Å². The topological polar surface area (TPSA) is 46.6 Å². The summed E-state index contributed by atoms with van der Waals surface area (Å²) in [7, 11) is -3.67. The summed E-state index contributed by atoms with van der Waals surface area (Å²) in [6, 6.07) is 12.0. The molecule has 0 N–H and O–H groups in total. The van der Waals surface area contributed by atoms with Crippen LogP contribution < -0.4 is 4.31 Å². The molecule has 0 spiro atoms. The minimum absolute atomic E-state index is 0.195. The summed E-state index contributed by atoms with van der Waals surface area (Å²) in [5, 5.41) is 0.471. The van der Waals surface area contributed by atoms with E-state index in [0.29, 0.717) is 28.4 Å². The van der Waals surface area contributed by atoms with Crippen molar-refractivity contribution in [2.45, 2.75) is 11.5 Å². The van der Waals surface area contributed by atoms with E-state index in [2.05, 4.69) is 15.9 Å². The molecule has 0 fully saturated rings. The zero-order chi connectivity index (χ0) is 15.7. The Morgan fingerprint density at radius 2 is 1.95 bits per heavy atom. The highest BCUT2D eigenvalue weighted by Crippen LogP contribution is 2.32. The van der Waals surface area contributed by atoms with Crippen LogP contribution in [-0.2, 0) is 21.4 Å². The van der Waals surface area contributed by atoms with Crippen molar-refractivity contribution in [3.63, 3.8) is 0 Å². The first-order valence-corrected chi connectivity index (χ1v) is 9.25. The normalized spacial score (nSPS) is 15.3. The van der Waals surface area contributed by atoms with Gasteiger partial charge in [-0.2, -0.15) is 0 Å². The van der Waals surface area contributed by atoms with E-state index in [9.17, 15) is 8.42 Å². The van der Waals surface area contributed by atoms with Crippen molar-refractivity contribution in [3.05, 3.63) is 57.5 Å². The Balaban J connectivity index is 2.10. The summed E-state index contributed by atoms with van der Waals surface area (Å²) in [5.41, 5.74) is 1.52. The fraction of sp³-hybridized carbons (Fsp3) is 0.200. The van der Waals surface area contributed by atoms with Crippen molar-refractivity contribution in [2.75, 3.05) is 17.5 Å². The van der Waals surface area contributed by atoms with Crippen LogP contribution in [0.15, 0.2) is 51.8 Å². The number of hydrogen-bond acceptors (Lipinski definition) is 3. The van der Waals surface area contributed by atoms with Gasteiger partial charge in [0.25, 0.3) is 10.0 Å². The lowest BCUT2D eigenvalue weighted by Gasteiger charge is -2.24. The van der Waals surface area contributed by atoms with Crippen LogP contribution in [0.1, 0.15) is 5.56 Å². The number of sulfonamides is 1. The predicted molar refractivity (Wildman–Crippen MR) is 89.8 cm³/mol. The second-order valence-electron chi connectivity index (χ2n) is 4.83. The molecule has 116 valence electrons. The summed E-state index contributed by atoms with van der Waals surface area (Å²) in [5.74, 6) is 0. The molecule has 0 saturated carbocycles. The highest BCUT2D eigenvalue weighted by Gasteiger charge is 2.28. The first-order chi connectivity index (χ1) is 10.5.